The number of nitro benzene ring substituents is 1. The fourth-order valence-corrected chi connectivity index (χ4v) is 1.63. The molecule has 0 saturated heterocycles. The van der Waals surface area contributed by atoms with Crippen molar-refractivity contribution in [1.82, 2.24) is 10.6 Å². The van der Waals surface area contributed by atoms with Crippen molar-refractivity contribution in [3.63, 3.8) is 0 Å². The van der Waals surface area contributed by atoms with E-state index in [9.17, 15) is 24.5 Å². The first-order valence-corrected chi connectivity index (χ1v) is 7.31. The van der Waals surface area contributed by atoms with E-state index in [1.165, 1.54) is 18.2 Å². The van der Waals surface area contributed by atoms with Crippen LogP contribution in [0.25, 0.3) is 0 Å². The molecule has 0 aromatic heterocycles. The molecular weight excluding hydrogens is 318 g/mol. The van der Waals surface area contributed by atoms with Crippen LogP contribution in [-0.4, -0.2) is 41.9 Å². The van der Waals surface area contributed by atoms with Gasteiger partial charge in [0.05, 0.1) is 4.92 Å². The highest BCUT2D eigenvalue weighted by Gasteiger charge is 2.14. The van der Waals surface area contributed by atoms with Crippen LogP contribution >= 0.6 is 0 Å². The predicted molar refractivity (Wildman–Crippen MR) is 84.3 cm³/mol. The highest BCUT2D eigenvalue weighted by Crippen LogP contribution is 2.12. The molecule has 2 amide bonds. The average Bonchev–Trinajstić information content (AvgIpc) is 2.57. The summed E-state index contributed by atoms with van der Waals surface area (Å²) in [6.07, 6.45) is 0.749. The van der Waals surface area contributed by atoms with Crippen molar-refractivity contribution >= 4 is 23.5 Å². The van der Waals surface area contributed by atoms with Crippen molar-refractivity contribution in [2.75, 3.05) is 13.2 Å². The van der Waals surface area contributed by atoms with Gasteiger partial charge in [-0.05, 0) is 19.4 Å². The van der Waals surface area contributed by atoms with Gasteiger partial charge in [-0.1, -0.05) is 13.0 Å². The lowest BCUT2D eigenvalue weighted by Gasteiger charge is -2.11. The number of carbonyl (C=O) groups is 3. The van der Waals surface area contributed by atoms with Crippen molar-refractivity contribution in [3.05, 3.63) is 39.9 Å². The van der Waals surface area contributed by atoms with E-state index < -0.39 is 35.9 Å². The average molecular weight is 337 g/mol. The van der Waals surface area contributed by atoms with Crippen LogP contribution in [0.5, 0.6) is 0 Å². The zero-order valence-electron chi connectivity index (χ0n) is 13.4. The van der Waals surface area contributed by atoms with Crippen LogP contribution in [0.4, 0.5) is 5.69 Å². The Hall–Kier alpha value is -2.97. The van der Waals surface area contributed by atoms with E-state index in [4.69, 9.17) is 4.74 Å². The van der Waals surface area contributed by atoms with Crippen molar-refractivity contribution < 1.29 is 24.0 Å². The molecule has 9 nitrogen and oxygen atoms in total. The molecule has 2 N–H and O–H groups in total. The first-order chi connectivity index (χ1) is 11.3. The van der Waals surface area contributed by atoms with Gasteiger partial charge in [-0.15, -0.1) is 0 Å². The summed E-state index contributed by atoms with van der Waals surface area (Å²) in [6.45, 7) is 2.84. The summed E-state index contributed by atoms with van der Waals surface area (Å²) < 4.78 is 4.72. The van der Waals surface area contributed by atoms with E-state index >= 15 is 0 Å². The molecule has 0 aliphatic rings. The van der Waals surface area contributed by atoms with Gasteiger partial charge in [0.2, 0.25) is 0 Å². The molecule has 0 aliphatic heterocycles. The molecule has 0 fully saturated rings. The van der Waals surface area contributed by atoms with E-state index in [1.807, 2.05) is 13.8 Å². The molecule has 1 aromatic rings. The van der Waals surface area contributed by atoms with Gasteiger partial charge >= 0.3 is 5.97 Å². The van der Waals surface area contributed by atoms with Gasteiger partial charge in [0.25, 0.3) is 17.5 Å². The SMILES string of the molecule is CCC(C)NC(=O)COC(=O)CNC(=O)c1cccc([N+](=O)[O-])c1. The van der Waals surface area contributed by atoms with Crippen LogP contribution in [0, 0.1) is 10.1 Å². The number of nitrogens with zero attached hydrogens (tertiary/aromatic N) is 1. The highest BCUT2D eigenvalue weighted by atomic mass is 16.6. The first-order valence-electron chi connectivity index (χ1n) is 7.31. The van der Waals surface area contributed by atoms with E-state index in [0.29, 0.717) is 0 Å². The second-order valence-corrected chi connectivity index (χ2v) is 5.03. The molecule has 0 spiro atoms. The van der Waals surface area contributed by atoms with Crippen molar-refractivity contribution in [1.29, 1.82) is 0 Å². The number of non-ortho nitro benzene ring substituents is 1. The Labute approximate surface area is 138 Å². The second-order valence-electron chi connectivity index (χ2n) is 5.03. The second kappa shape index (κ2) is 9.23. The standard InChI is InChI=1S/C15H19N3O6/c1-3-10(2)17-13(19)9-24-14(20)8-16-15(21)11-5-4-6-12(7-11)18(22)23/h4-7,10H,3,8-9H2,1-2H3,(H,16,21)(H,17,19). The van der Waals surface area contributed by atoms with E-state index in [2.05, 4.69) is 10.6 Å². The zero-order valence-corrected chi connectivity index (χ0v) is 13.4. The van der Waals surface area contributed by atoms with Crippen LogP contribution in [0.3, 0.4) is 0 Å². The molecular formula is C15H19N3O6. The molecule has 9 heteroatoms. The van der Waals surface area contributed by atoms with Gasteiger partial charge in [0, 0.05) is 23.7 Å². The number of nitrogens with one attached hydrogen (secondary N) is 2. The van der Waals surface area contributed by atoms with Crippen molar-refractivity contribution in [2.24, 2.45) is 0 Å². The van der Waals surface area contributed by atoms with Gasteiger partial charge in [-0.25, -0.2) is 0 Å². The number of carbonyl (C=O) groups excluding carboxylic acids is 3. The molecule has 0 radical (unpaired) electrons. The van der Waals surface area contributed by atoms with Crippen LogP contribution in [0.1, 0.15) is 30.6 Å². The normalized spacial score (nSPS) is 11.2. The summed E-state index contributed by atoms with van der Waals surface area (Å²) in [6, 6.07) is 5.07. The van der Waals surface area contributed by atoms with Crippen LogP contribution in [-0.2, 0) is 14.3 Å². The minimum atomic E-state index is -0.784. The Bertz CT molecular complexity index is 631. The molecule has 1 rings (SSSR count). The molecule has 1 unspecified atom stereocenters. The number of benzene rings is 1. The predicted octanol–water partition coefficient (Wildman–Crippen LogP) is 0.783. The maximum atomic E-state index is 11.8. The number of ether oxygens (including phenoxy) is 1. The Kier molecular flexibility index (Phi) is 7.34. The monoisotopic (exact) mass is 337 g/mol. The summed E-state index contributed by atoms with van der Waals surface area (Å²) in [7, 11) is 0. The summed E-state index contributed by atoms with van der Waals surface area (Å²) >= 11 is 0. The molecule has 1 atom stereocenters. The van der Waals surface area contributed by atoms with E-state index in [-0.39, 0.29) is 17.3 Å². The summed E-state index contributed by atoms with van der Waals surface area (Å²) in [5.41, 5.74) is -0.182. The lowest BCUT2D eigenvalue weighted by molar-refractivity contribution is -0.384. The van der Waals surface area contributed by atoms with Crippen molar-refractivity contribution in [3.8, 4) is 0 Å². The summed E-state index contributed by atoms with van der Waals surface area (Å²) in [4.78, 5) is 44.8. The maximum absolute atomic E-state index is 11.8. The number of amides is 2. The number of nitro groups is 1. The van der Waals surface area contributed by atoms with Crippen LogP contribution in [0.2, 0.25) is 0 Å². The highest BCUT2D eigenvalue weighted by molar-refractivity contribution is 5.96. The molecule has 130 valence electrons. The smallest absolute Gasteiger partial charge is 0.325 e. The summed E-state index contributed by atoms with van der Waals surface area (Å²) in [5, 5.41) is 15.5. The maximum Gasteiger partial charge on any atom is 0.325 e. The van der Waals surface area contributed by atoms with E-state index in [1.54, 1.807) is 0 Å². The van der Waals surface area contributed by atoms with Gasteiger partial charge in [0.1, 0.15) is 6.54 Å². The van der Waals surface area contributed by atoms with Gasteiger partial charge in [0.15, 0.2) is 6.61 Å². The lowest BCUT2D eigenvalue weighted by atomic mass is 10.2. The number of rotatable bonds is 8. The quantitative estimate of drug-likeness (QED) is 0.410. The molecule has 0 heterocycles. The third kappa shape index (κ3) is 6.42. The molecule has 24 heavy (non-hydrogen) atoms. The van der Waals surface area contributed by atoms with Crippen LogP contribution in [0.15, 0.2) is 24.3 Å². The van der Waals surface area contributed by atoms with Gasteiger partial charge in [-0.2, -0.15) is 0 Å². The summed E-state index contributed by atoms with van der Waals surface area (Å²) in [5.74, 6) is -1.87. The Morgan fingerprint density at radius 1 is 1.33 bits per heavy atom. The lowest BCUT2D eigenvalue weighted by Crippen LogP contribution is -2.37. The largest absolute Gasteiger partial charge is 0.454 e. The third-order valence-electron chi connectivity index (χ3n) is 3.10. The topological polar surface area (TPSA) is 128 Å². The van der Waals surface area contributed by atoms with Gasteiger partial charge < -0.3 is 15.4 Å². The van der Waals surface area contributed by atoms with Crippen molar-refractivity contribution in [2.45, 2.75) is 26.3 Å². The minimum absolute atomic E-state index is 0.0234. The third-order valence-corrected chi connectivity index (χ3v) is 3.10. The number of esters is 1. The molecule has 0 aliphatic carbocycles. The van der Waals surface area contributed by atoms with Crippen LogP contribution < -0.4 is 10.6 Å². The molecule has 0 bridgehead atoms. The van der Waals surface area contributed by atoms with Gasteiger partial charge in [-0.3, -0.25) is 24.5 Å². The Balaban J connectivity index is 2.41. The molecule has 0 saturated carbocycles. The minimum Gasteiger partial charge on any atom is -0.454 e. The van der Waals surface area contributed by atoms with E-state index in [0.717, 1.165) is 12.5 Å². The first kappa shape index (κ1) is 19.1. The Morgan fingerprint density at radius 2 is 2.04 bits per heavy atom. The number of hydrogen-bond acceptors (Lipinski definition) is 6. The number of hydrogen-bond donors (Lipinski definition) is 2. The molecule has 1 aromatic carbocycles. The fourth-order valence-electron chi connectivity index (χ4n) is 1.63. The fraction of sp³-hybridized carbons (Fsp3) is 0.400. The Morgan fingerprint density at radius 3 is 2.67 bits per heavy atom. The zero-order chi connectivity index (χ0) is 18.1.